The van der Waals surface area contributed by atoms with Crippen molar-refractivity contribution in [2.24, 2.45) is 5.73 Å². The molecule has 0 saturated carbocycles. The Bertz CT molecular complexity index is 439. The molecular formula is C10H10BrN3. The van der Waals surface area contributed by atoms with Gasteiger partial charge in [0.1, 0.15) is 0 Å². The van der Waals surface area contributed by atoms with E-state index in [1.165, 1.54) is 11.1 Å². The maximum Gasteiger partial charge on any atom is 0.0591 e. The Morgan fingerprint density at radius 3 is 3.14 bits per heavy atom. The van der Waals surface area contributed by atoms with Gasteiger partial charge in [0, 0.05) is 22.2 Å². The Balaban J connectivity index is 2.31. The molecule has 0 saturated heterocycles. The zero-order valence-corrected chi connectivity index (χ0v) is 9.06. The summed E-state index contributed by atoms with van der Waals surface area (Å²) in [4.78, 5) is 0. The lowest BCUT2D eigenvalue weighted by atomic mass is 9.91. The van der Waals surface area contributed by atoms with Crippen molar-refractivity contribution < 1.29 is 0 Å². The van der Waals surface area contributed by atoms with Crippen LogP contribution in [0, 0.1) is 0 Å². The molecule has 1 unspecified atom stereocenters. The summed E-state index contributed by atoms with van der Waals surface area (Å²) in [7, 11) is 0. The Kier molecular flexibility index (Phi) is 1.63. The van der Waals surface area contributed by atoms with Crippen molar-refractivity contribution in [3.05, 3.63) is 33.4 Å². The van der Waals surface area contributed by atoms with E-state index in [1.807, 2.05) is 12.1 Å². The Labute approximate surface area is 90.5 Å². The van der Waals surface area contributed by atoms with E-state index in [0.717, 1.165) is 22.3 Å². The van der Waals surface area contributed by atoms with Gasteiger partial charge in [-0.1, -0.05) is 15.9 Å². The number of nitrogens with one attached hydrogen (secondary N) is 2. The van der Waals surface area contributed by atoms with Crippen LogP contribution in [0.1, 0.15) is 23.6 Å². The van der Waals surface area contributed by atoms with Gasteiger partial charge in [0.15, 0.2) is 0 Å². The number of anilines is 1. The summed E-state index contributed by atoms with van der Waals surface area (Å²) in [6, 6.07) is 4.44. The smallest absolute Gasteiger partial charge is 0.0591 e. The van der Waals surface area contributed by atoms with E-state index in [4.69, 9.17) is 5.73 Å². The molecule has 1 aromatic carbocycles. The molecule has 3 nitrogen and oxygen atoms in total. The number of hydrogen-bond donors (Lipinski definition) is 3. The zero-order valence-electron chi connectivity index (χ0n) is 7.47. The predicted molar refractivity (Wildman–Crippen MR) is 60.4 cm³/mol. The molecule has 4 N–H and O–H groups in total. The van der Waals surface area contributed by atoms with Gasteiger partial charge in [0.05, 0.1) is 11.7 Å². The molecule has 14 heavy (non-hydrogen) atoms. The van der Waals surface area contributed by atoms with Crippen molar-refractivity contribution in [1.82, 2.24) is 5.43 Å². The molecule has 3 rings (SSSR count). The van der Waals surface area contributed by atoms with Crippen molar-refractivity contribution in [2.45, 2.75) is 12.5 Å². The van der Waals surface area contributed by atoms with Crippen molar-refractivity contribution in [1.29, 1.82) is 0 Å². The number of rotatable bonds is 0. The molecule has 0 spiro atoms. The van der Waals surface area contributed by atoms with Gasteiger partial charge in [-0.3, -0.25) is 0 Å². The molecular weight excluding hydrogens is 242 g/mol. The van der Waals surface area contributed by atoms with Gasteiger partial charge in [0.25, 0.3) is 0 Å². The SMILES string of the molecule is NC1=Cc2c(Br)ccc3c2C(C1)NN3. The third-order valence-corrected chi connectivity index (χ3v) is 3.42. The number of nitrogens with two attached hydrogens (primary N) is 1. The summed E-state index contributed by atoms with van der Waals surface area (Å²) in [5.74, 6) is 0. The molecule has 1 aromatic rings. The summed E-state index contributed by atoms with van der Waals surface area (Å²) in [6.45, 7) is 0. The third-order valence-electron chi connectivity index (χ3n) is 2.73. The first-order chi connectivity index (χ1) is 6.75. The van der Waals surface area contributed by atoms with Crippen LogP contribution in [0.25, 0.3) is 6.08 Å². The highest BCUT2D eigenvalue weighted by molar-refractivity contribution is 9.10. The van der Waals surface area contributed by atoms with Crippen LogP contribution >= 0.6 is 15.9 Å². The molecule has 1 aliphatic heterocycles. The summed E-state index contributed by atoms with van der Waals surface area (Å²) in [5, 5.41) is 0. The first-order valence-corrected chi connectivity index (χ1v) is 5.35. The average molecular weight is 252 g/mol. The maximum atomic E-state index is 5.88. The second kappa shape index (κ2) is 2.74. The molecule has 0 aromatic heterocycles. The number of halogens is 1. The quantitative estimate of drug-likeness (QED) is 0.662. The van der Waals surface area contributed by atoms with E-state index in [0.29, 0.717) is 6.04 Å². The normalized spacial score (nSPS) is 22.6. The maximum absolute atomic E-state index is 5.88. The van der Waals surface area contributed by atoms with E-state index >= 15 is 0 Å². The van der Waals surface area contributed by atoms with Crippen LogP contribution in [-0.2, 0) is 0 Å². The molecule has 0 bridgehead atoms. The molecule has 72 valence electrons. The fraction of sp³-hybridized carbons (Fsp3) is 0.200. The van der Waals surface area contributed by atoms with Gasteiger partial charge < -0.3 is 11.2 Å². The Hall–Kier alpha value is -1.00. The van der Waals surface area contributed by atoms with Gasteiger partial charge in [-0.15, -0.1) is 0 Å². The summed E-state index contributed by atoms with van der Waals surface area (Å²) >= 11 is 3.54. The monoisotopic (exact) mass is 251 g/mol. The van der Waals surface area contributed by atoms with Crippen molar-refractivity contribution >= 4 is 27.7 Å². The van der Waals surface area contributed by atoms with Gasteiger partial charge in [-0.25, -0.2) is 5.43 Å². The van der Waals surface area contributed by atoms with Crippen LogP contribution in [-0.4, -0.2) is 0 Å². The van der Waals surface area contributed by atoms with Crippen LogP contribution in [0.5, 0.6) is 0 Å². The van der Waals surface area contributed by atoms with Crippen LogP contribution in [0.4, 0.5) is 5.69 Å². The summed E-state index contributed by atoms with van der Waals surface area (Å²) in [6.07, 6.45) is 2.93. The number of hydrazine groups is 1. The van der Waals surface area contributed by atoms with Crippen LogP contribution in [0.15, 0.2) is 22.3 Å². The van der Waals surface area contributed by atoms with Crippen LogP contribution in [0.3, 0.4) is 0 Å². The summed E-state index contributed by atoms with van der Waals surface area (Å²) in [5.41, 5.74) is 16.9. The summed E-state index contributed by atoms with van der Waals surface area (Å²) < 4.78 is 1.11. The second-order valence-electron chi connectivity index (χ2n) is 3.67. The van der Waals surface area contributed by atoms with Gasteiger partial charge in [0.2, 0.25) is 0 Å². The highest BCUT2D eigenvalue weighted by atomic mass is 79.9. The fourth-order valence-corrected chi connectivity index (χ4v) is 2.57. The highest BCUT2D eigenvalue weighted by Gasteiger charge is 2.28. The second-order valence-corrected chi connectivity index (χ2v) is 4.52. The lowest BCUT2D eigenvalue weighted by Gasteiger charge is -2.19. The van der Waals surface area contributed by atoms with E-state index < -0.39 is 0 Å². The molecule has 1 atom stereocenters. The number of hydrogen-bond acceptors (Lipinski definition) is 3. The lowest BCUT2D eigenvalue weighted by Crippen LogP contribution is -2.22. The Morgan fingerprint density at radius 2 is 2.29 bits per heavy atom. The minimum absolute atomic E-state index is 0.322. The average Bonchev–Trinajstić information content (AvgIpc) is 2.55. The lowest BCUT2D eigenvalue weighted by molar-refractivity contribution is 0.610. The molecule has 0 amide bonds. The van der Waals surface area contributed by atoms with Gasteiger partial charge in [-0.05, 0) is 23.8 Å². The van der Waals surface area contributed by atoms with E-state index in [-0.39, 0.29) is 0 Å². The first kappa shape index (κ1) is 8.32. The zero-order chi connectivity index (χ0) is 9.71. The van der Waals surface area contributed by atoms with Gasteiger partial charge >= 0.3 is 0 Å². The third kappa shape index (κ3) is 1.01. The van der Waals surface area contributed by atoms with Crippen molar-refractivity contribution in [2.75, 3.05) is 5.43 Å². The Morgan fingerprint density at radius 1 is 1.43 bits per heavy atom. The largest absolute Gasteiger partial charge is 0.402 e. The van der Waals surface area contributed by atoms with E-state index in [2.05, 4.69) is 32.8 Å². The first-order valence-electron chi connectivity index (χ1n) is 4.55. The molecule has 0 fully saturated rings. The minimum atomic E-state index is 0.322. The van der Waals surface area contributed by atoms with E-state index in [9.17, 15) is 0 Å². The van der Waals surface area contributed by atoms with Crippen molar-refractivity contribution in [3.8, 4) is 0 Å². The topological polar surface area (TPSA) is 50.1 Å². The fourth-order valence-electron chi connectivity index (χ4n) is 2.11. The van der Waals surface area contributed by atoms with Gasteiger partial charge in [-0.2, -0.15) is 0 Å². The van der Waals surface area contributed by atoms with E-state index in [1.54, 1.807) is 0 Å². The molecule has 0 radical (unpaired) electrons. The van der Waals surface area contributed by atoms with Crippen molar-refractivity contribution in [3.63, 3.8) is 0 Å². The molecule has 1 heterocycles. The van der Waals surface area contributed by atoms with Crippen LogP contribution < -0.4 is 16.6 Å². The molecule has 4 heteroatoms. The number of benzene rings is 1. The predicted octanol–water partition coefficient (Wildman–Crippen LogP) is 2.12. The molecule has 1 aliphatic carbocycles. The molecule has 2 aliphatic rings. The van der Waals surface area contributed by atoms with Crippen LogP contribution in [0.2, 0.25) is 0 Å². The highest BCUT2D eigenvalue weighted by Crippen LogP contribution is 2.41. The minimum Gasteiger partial charge on any atom is -0.402 e. The standard InChI is InChI=1S/C10H10BrN3/c11-7-1-2-8-10-6(7)3-5(12)4-9(10)14-13-8/h1-3,9,13-14H,4,12H2.